The van der Waals surface area contributed by atoms with Crippen molar-refractivity contribution < 1.29 is 33.3 Å². The van der Waals surface area contributed by atoms with Crippen LogP contribution in [-0.2, 0) is 33.3 Å². The average Bonchev–Trinajstić information content (AvgIpc) is 4.03. The summed E-state index contributed by atoms with van der Waals surface area (Å²) in [5, 5.41) is 0. The molecule has 0 aromatic heterocycles. The molecule has 0 spiro atoms. The van der Waals surface area contributed by atoms with Crippen LogP contribution in [0, 0.1) is 0 Å². The predicted octanol–water partition coefficient (Wildman–Crippen LogP) is 16.5. The van der Waals surface area contributed by atoms with Crippen LogP contribution < -0.4 is 0 Å². The summed E-state index contributed by atoms with van der Waals surface area (Å²) in [6.07, 6.45) is 54.7. The fourth-order valence-electron chi connectivity index (χ4n) is 8.15. The Morgan fingerprint density at radius 2 is 0.742 bits per heavy atom. The number of ether oxygens (including phenoxy) is 4. The van der Waals surface area contributed by atoms with Gasteiger partial charge in [0.2, 0.25) is 0 Å². The molecule has 1 aliphatic rings. The van der Waals surface area contributed by atoms with E-state index in [9.17, 15) is 14.4 Å². The molecule has 1 aliphatic heterocycles. The van der Waals surface area contributed by atoms with Gasteiger partial charge in [0.1, 0.15) is 13.2 Å². The van der Waals surface area contributed by atoms with Gasteiger partial charge in [-0.1, -0.05) is 212 Å². The molecule has 0 aliphatic carbocycles. The molecule has 7 heteroatoms. The molecule has 62 heavy (non-hydrogen) atoms. The van der Waals surface area contributed by atoms with Crippen LogP contribution in [0.4, 0.5) is 0 Å². The second-order valence-electron chi connectivity index (χ2n) is 18.5. The topological polar surface area (TPSA) is 91.4 Å². The Bertz CT molecular complexity index is 1070. The third-order valence-corrected chi connectivity index (χ3v) is 12.4. The summed E-state index contributed by atoms with van der Waals surface area (Å²) in [5.74, 6) is -0.894. The first kappa shape index (κ1) is 57.9. The minimum atomic E-state index is -0.781. The molecular weight excluding hydrogens is 773 g/mol. The van der Waals surface area contributed by atoms with Crippen LogP contribution in [0.3, 0.4) is 0 Å². The number of epoxide rings is 1. The zero-order chi connectivity index (χ0) is 44.8. The summed E-state index contributed by atoms with van der Waals surface area (Å²) in [6.45, 7) is 6.61. The van der Waals surface area contributed by atoms with Gasteiger partial charge in [-0.15, -0.1) is 0 Å². The molecule has 7 nitrogen and oxygen atoms in total. The molecule has 0 N–H and O–H groups in total. The maximum Gasteiger partial charge on any atom is 0.306 e. The van der Waals surface area contributed by atoms with Gasteiger partial charge in [-0.25, -0.2) is 0 Å². The van der Waals surface area contributed by atoms with Gasteiger partial charge < -0.3 is 18.9 Å². The van der Waals surface area contributed by atoms with E-state index in [2.05, 4.69) is 45.1 Å². The Balaban J connectivity index is 2.27. The van der Waals surface area contributed by atoms with Gasteiger partial charge >= 0.3 is 17.9 Å². The van der Waals surface area contributed by atoms with Crippen LogP contribution in [-0.4, -0.2) is 49.4 Å². The summed E-state index contributed by atoms with van der Waals surface area (Å²) in [4.78, 5) is 38.0. The number of hydrogen-bond acceptors (Lipinski definition) is 7. The Kier molecular flexibility index (Phi) is 42.4. The van der Waals surface area contributed by atoms with Crippen molar-refractivity contribution in [3.05, 3.63) is 24.3 Å². The number of esters is 3. The Labute approximate surface area is 383 Å². The van der Waals surface area contributed by atoms with Crippen LogP contribution in [0.5, 0.6) is 0 Å². The molecule has 362 valence electrons. The van der Waals surface area contributed by atoms with Crippen molar-refractivity contribution in [3.63, 3.8) is 0 Å². The van der Waals surface area contributed by atoms with E-state index in [1.165, 1.54) is 141 Å². The van der Waals surface area contributed by atoms with Crippen LogP contribution in [0.2, 0.25) is 0 Å². The second-order valence-corrected chi connectivity index (χ2v) is 18.5. The van der Waals surface area contributed by atoms with Gasteiger partial charge in [0, 0.05) is 19.3 Å². The molecule has 0 amide bonds. The fraction of sp³-hybridized carbons (Fsp3) is 0.873. The first-order valence-corrected chi connectivity index (χ1v) is 27.0. The summed E-state index contributed by atoms with van der Waals surface area (Å²) >= 11 is 0. The minimum absolute atomic E-state index is 0.0790. The first-order valence-electron chi connectivity index (χ1n) is 27.0. The third-order valence-electron chi connectivity index (χ3n) is 12.4. The Morgan fingerprint density at radius 1 is 0.403 bits per heavy atom. The van der Waals surface area contributed by atoms with Crippen molar-refractivity contribution in [2.75, 3.05) is 13.2 Å². The van der Waals surface area contributed by atoms with Crippen LogP contribution in [0.1, 0.15) is 278 Å². The Morgan fingerprint density at radius 3 is 1.16 bits per heavy atom. The van der Waals surface area contributed by atoms with Crippen LogP contribution in [0.15, 0.2) is 24.3 Å². The van der Waals surface area contributed by atoms with E-state index in [4.69, 9.17) is 18.9 Å². The van der Waals surface area contributed by atoms with E-state index >= 15 is 0 Å². The van der Waals surface area contributed by atoms with Crippen molar-refractivity contribution >= 4 is 17.9 Å². The summed E-state index contributed by atoms with van der Waals surface area (Å²) in [6, 6.07) is 0. The van der Waals surface area contributed by atoms with E-state index in [1.807, 2.05) is 0 Å². The molecule has 0 saturated carbocycles. The number of carbonyl (C=O) groups is 3. The van der Waals surface area contributed by atoms with Crippen molar-refractivity contribution in [1.29, 1.82) is 0 Å². The van der Waals surface area contributed by atoms with Gasteiger partial charge in [0.15, 0.2) is 6.10 Å². The van der Waals surface area contributed by atoms with E-state index < -0.39 is 6.10 Å². The van der Waals surface area contributed by atoms with E-state index in [0.717, 1.165) is 96.3 Å². The van der Waals surface area contributed by atoms with E-state index in [1.54, 1.807) is 0 Å². The molecule has 0 aromatic rings. The highest BCUT2D eigenvalue weighted by Crippen LogP contribution is 2.30. The molecule has 0 radical (unpaired) electrons. The van der Waals surface area contributed by atoms with Gasteiger partial charge in [-0.2, -0.15) is 0 Å². The van der Waals surface area contributed by atoms with Gasteiger partial charge in [0.25, 0.3) is 0 Å². The lowest BCUT2D eigenvalue weighted by Crippen LogP contribution is -2.30. The highest BCUT2D eigenvalue weighted by molar-refractivity contribution is 5.71. The largest absolute Gasteiger partial charge is 0.462 e. The second kappa shape index (κ2) is 45.4. The average molecular weight is 873 g/mol. The van der Waals surface area contributed by atoms with Gasteiger partial charge in [-0.05, 0) is 70.6 Å². The minimum Gasteiger partial charge on any atom is -0.462 e. The monoisotopic (exact) mass is 873 g/mol. The lowest BCUT2D eigenvalue weighted by atomic mass is 10.0. The SMILES string of the molecule is CCCCCCCC/C=C\CCCCCCCC(=O)OC(COC(=O)CCCCCCC/C=C/CC1OC1CCCCC)COC(=O)CCCCCCCCCCCCCCC. The highest BCUT2D eigenvalue weighted by atomic mass is 16.6. The molecule has 0 bridgehead atoms. The lowest BCUT2D eigenvalue weighted by molar-refractivity contribution is -0.167. The number of allylic oxidation sites excluding steroid dienone is 3. The number of unbranched alkanes of at least 4 members (excludes halogenated alkanes) is 30. The zero-order valence-corrected chi connectivity index (χ0v) is 41.1. The van der Waals surface area contributed by atoms with Crippen LogP contribution >= 0.6 is 0 Å². The van der Waals surface area contributed by atoms with Crippen molar-refractivity contribution in [3.8, 4) is 0 Å². The Hall–Kier alpha value is -2.15. The molecule has 1 heterocycles. The van der Waals surface area contributed by atoms with Gasteiger partial charge in [-0.3, -0.25) is 14.4 Å². The molecule has 1 rings (SSSR count). The van der Waals surface area contributed by atoms with E-state index in [-0.39, 0.29) is 31.1 Å². The molecular formula is C55H100O7. The standard InChI is InChI=1S/C55H100O7/c1-4-7-10-12-14-16-18-20-21-23-25-27-33-37-42-47-55(58)61-50(48-59-53(56)45-40-35-31-26-24-22-19-17-15-13-11-8-5-2)49-60-54(57)46-41-36-32-29-28-30-34-39-44-52-51(62-52)43-38-9-6-3/h20-21,34,39,50-52H,4-19,22-33,35-38,40-49H2,1-3H3/b21-20-,39-34+. The van der Waals surface area contributed by atoms with Crippen LogP contribution in [0.25, 0.3) is 0 Å². The maximum atomic E-state index is 12.8. The number of hydrogen-bond donors (Lipinski definition) is 0. The highest BCUT2D eigenvalue weighted by Gasteiger charge is 2.36. The smallest absolute Gasteiger partial charge is 0.306 e. The zero-order valence-electron chi connectivity index (χ0n) is 41.1. The number of rotatable bonds is 48. The molecule has 1 saturated heterocycles. The van der Waals surface area contributed by atoms with Crippen molar-refractivity contribution in [2.45, 2.75) is 296 Å². The first-order chi connectivity index (χ1) is 30.5. The summed E-state index contributed by atoms with van der Waals surface area (Å²) in [5.41, 5.74) is 0. The van der Waals surface area contributed by atoms with Crippen molar-refractivity contribution in [2.24, 2.45) is 0 Å². The summed E-state index contributed by atoms with van der Waals surface area (Å²) in [7, 11) is 0. The third kappa shape index (κ3) is 40.6. The lowest BCUT2D eigenvalue weighted by Gasteiger charge is -2.18. The fourth-order valence-corrected chi connectivity index (χ4v) is 8.15. The summed E-state index contributed by atoms with van der Waals surface area (Å²) < 4.78 is 22.6. The maximum absolute atomic E-state index is 12.8. The predicted molar refractivity (Wildman–Crippen MR) is 260 cm³/mol. The quantitative estimate of drug-likeness (QED) is 0.0198. The molecule has 3 unspecified atom stereocenters. The normalized spacial score (nSPS) is 15.4. The number of carbonyl (C=O) groups excluding carboxylic acids is 3. The molecule has 0 aromatic carbocycles. The molecule has 1 fully saturated rings. The van der Waals surface area contributed by atoms with Crippen molar-refractivity contribution in [1.82, 2.24) is 0 Å². The molecule has 3 atom stereocenters. The van der Waals surface area contributed by atoms with E-state index in [0.29, 0.717) is 31.5 Å². The van der Waals surface area contributed by atoms with Gasteiger partial charge in [0.05, 0.1) is 12.2 Å².